The van der Waals surface area contributed by atoms with Crippen molar-refractivity contribution in [3.8, 4) is 11.4 Å². The largest absolute Gasteiger partial charge is 0.351 e. The number of nitrogens with zero attached hydrogens (tertiary/aromatic N) is 1. The van der Waals surface area contributed by atoms with Gasteiger partial charge < -0.3 is 15.3 Å². The van der Waals surface area contributed by atoms with Crippen LogP contribution in [0.1, 0.15) is 10.5 Å². The second-order valence-corrected chi connectivity index (χ2v) is 6.37. The molecule has 0 unspecified atom stereocenters. The van der Waals surface area contributed by atoms with Gasteiger partial charge in [0.2, 0.25) is 0 Å². The third-order valence-corrected chi connectivity index (χ3v) is 4.59. The molecule has 0 aliphatic rings. The molecule has 27 heavy (non-hydrogen) atoms. The average molecular weight is 352 g/mol. The van der Waals surface area contributed by atoms with E-state index in [0.29, 0.717) is 11.4 Å². The smallest absolute Gasteiger partial charge is 0.272 e. The fourth-order valence-electron chi connectivity index (χ4n) is 3.26. The molecule has 3 N–H and O–H groups in total. The van der Waals surface area contributed by atoms with E-state index in [1.807, 2.05) is 78.9 Å². The maximum absolute atomic E-state index is 12.8. The van der Waals surface area contributed by atoms with Gasteiger partial charge in [0.05, 0.1) is 16.7 Å². The van der Waals surface area contributed by atoms with Gasteiger partial charge >= 0.3 is 0 Å². The van der Waals surface area contributed by atoms with E-state index in [-0.39, 0.29) is 5.91 Å². The molecule has 0 spiro atoms. The number of anilines is 1. The molecule has 0 atom stereocenters. The van der Waals surface area contributed by atoms with Gasteiger partial charge in [0.15, 0.2) is 0 Å². The number of benzene rings is 3. The fourth-order valence-corrected chi connectivity index (χ4v) is 3.26. The van der Waals surface area contributed by atoms with Crippen LogP contribution in [0.2, 0.25) is 0 Å². The number of carbonyl (C=O) groups excluding carboxylic acids is 1. The van der Waals surface area contributed by atoms with Gasteiger partial charge in [0.1, 0.15) is 11.5 Å². The van der Waals surface area contributed by atoms with E-state index in [2.05, 4.69) is 20.3 Å². The van der Waals surface area contributed by atoms with E-state index in [1.54, 1.807) is 0 Å². The Bertz CT molecular complexity index is 1220. The Labute approximate surface area is 155 Å². The van der Waals surface area contributed by atoms with Crippen molar-refractivity contribution in [1.29, 1.82) is 0 Å². The number of para-hydroxylation sites is 4. The minimum atomic E-state index is -0.185. The van der Waals surface area contributed by atoms with E-state index < -0.39 is 0 Å². The van der Waals surface area contributed by atoms with Crippen LogP contribution in [0.4, 0.5) is 5.69 Å². The number of aromatic amines is 2. The Morgan fingerprint density at radius 1 is 0.815 bits per heavy atom. The van der Waals surface area contributed by atoms with Crippen LogP contribution in [-0.2, 0) is 0 Å². The summed E-state index contributed by atoms with van der Waals surface area (Å²) < 4.78 is 0. The first-order valence-corrected chi connectivity index (χ1v) is 8.71. The highest BCUT2D eigenvalue weighted by molar-refractivity contribution is 6.07. The molecule has 0 saturated carbocycles. The summed E-state index contributed by atoms with van der Waals surface area (Å²) in [5.41, 5.74) is 4.87. The van der Waals surface area contributed by atoms with Crippen molar-refractivity contribution in [1.82, 2.24) is 15.0 Å². The van der Waals surface area contributed by atoms with Gasteiger partial charge in [-0.3, -0.25) is 4.79 Å². The molecule has 0 saturated heterocycles. The van der Waals surface area contributed by atoms with Crippen molar-refractivity contribution >= 4 is 33.5 Å². The van der Waals surface area contributed by atoms with Gasteiger partial charge in [0, 0.05) is 16.5 Å². The molecule has 0 aliphatic heterocycles. The normalized spacial score (nSPS) is 11.1. The third-order valence-electron chi connectivity index (χ3n) is 4.59. The van der Waals surface area contributed by atoms with Crippen molar-refractivity contribution in [2.75, 3.05) is 5.32 Å². The molecule has 0 bridgehead atoms. The Balaban J connectivity index is 1.51. The van der Waals surface area contributed by atoms with Gasteiger partial charge in [-0.15, -0.1) is 0 Å². The van der Waals surface area contributed by atoms with Crippen LogP contribution < -0.4 is 5.32 Å². The van der Waals surface area contributed by atoms with Gasteiger partial charge in [-0.1, -0.05) is 42.5 Å². The highest BCUT2D eigenvalue weighted by atomic mass is 16.1. The maximum atomic E-state index is 12.8. The molecule has 130 valence electrons. The quantitative estimate of drug-likeness (QED) is 0.429. The first-order chi connectivity index (χ1) is 13.3. The summed E-state index contributed by atoms with van der Waals surface area (Å²) in [5, 5.41) is 4.01. The Morgan fingerprint density at radius 2 is 1.56 bits per heavy atom. The second-order valence-electron chi connectivity index (χ2n) is 6.37. The molecule has 5 nitrogen and oxygen atoms in total. The summed E-state index contributed by atoms with van der Waals surface area (Å²) in [7, 11) is 0. The number of imidazole rings is 1. The lowest BCUT2D eigenvalue weighted by atomic mass is 10.1. The SMILES string of the molecule is O=C(Nc1ccccc1-c1nc2ccccc2[nH]1)c1cc2ccccc2[nH]1. The highest BCUT2D eigenvalue weighted by Gasteiger charge is 2.14. The predicted octanol–water partition coefficient (Wildman–Crippen LogP) is 4.96. The number of hydrogen-bond donors (Lipinski definition) is 3. The van der Waals surface area contributed by atoms with Crippen LogP contribution in [0.3, 0.4) is 0 Å². The Hall–Kier alpha value is -3.86. The lowest BCUT2D eigenvalue weighted by Gasteiger charge is -2.08. The molecule has 2 aromatic heterocycles. The zero-order chi connectivity index (χ0) is 18.2. The van der Waals surface area contributed by atoms with E-state index in [0.717, 1.165) is 33.3 Å². The first kappa shape index (κ1) is 15.4. The molecule has 3 aromatic carbocycles. The minimum Gasteiger partial charge on any atom is -0.351 e. The summed E-state index contributed by atoms with van der Waals surface area (Å²) in [6.45, 7) is 0. The van der Waals surface area contributed by atoms with E-state index in [4.69, 9.17) is 0 Å². The lowest BCUT2D eigenvalue weighted by molar-refractivity contribution is 0.102. The molecule has 0 radical (unpaired) electrons. The van der Waals surface area contributed by atoms with Gasteiger partial charge in [-0.25, -0.2) is 4.98 Å². The molecule has 5 rings (SSSR count). The number of carbonyl (C=O) groups is 1. The summed E-state index contributed by atoms with van der Waals surface area (Å²) in [4.78, 5) is 23.9. The topological polar surface area (TPSA) is 73.6 Å². The maximum Gasteiger partial charge on any atom is 0.272 e. The minimum absolute atomic E-state index is 0.185. The molecular weight excluding hydrogens is 336 g/mol. The van der Waals surface area contributed by atoms with Crippen LogP contribution in [0.15, 0.2) is 78.9 Å². The summed E-state index contributed by atoms with van der Waals surface area (Å²) in [5.74, 6) is 0.540. The number of hydrogen-bond acceptors (Lipinski definition) is 2. The molecule has 1 amide bonds. The van der Waals surface area contributed by atoms with Crippen LogP contribution in [0.5, 0.6) is 0 Å². The number of amides is 1. The standard InChI is InChI=1S/C22H16N4O/c27-22(20-13-14-7-1-3-9-16(14)23-20)26-17-10-4-2-8-15(17)21-24-18-11-5-6-12-19(18)25-21/h1-13,23H,(H,24,25)(H,26,27). The van der Waals surface area contributed by atoms with E-state index in [1.165, 1.54) is 0 Å². The third kappa shape index (κ3) is 2.75. The van der Waals surface area contributed by atoms with Crippen LogP contribution in [-0.4, -0.2) is 20.9 Å². The number of fused-ring (bicyclic) bond motifs is 2. The summed E-state index contributed by atoms with van der Waals surface area (Å²) in [6, 6.07) is 25.2. The molecule has 5 aromatic rings. The van der Waals surface area contributed by atoms with Gasteiger partial charge in [-0.05, 0) is 36.4 Å². The Kier molecular flexibility index (Phi) is 3.50. The summed E-state index contributed by atoms with van der Waals surface area (Å²) in [6.07, 6.45) is 0. The van der Waals surface area contributed by atoms with Crippen LogP contribution in [0.25, 0.3) is 33.3 Å². The fraction of sp³-hybridized carbons (Fsp3) is 0. The number of nitrogens with one attached hydrogen (secondary N) is 3. The lowest BCUT2D eigenvalue weighted by Crippen LogP contribution is -2.13. The van der Waals surface area contributed by atoms with E-state index >= 15 is 0 Å². The molecule has 2 heterocycles. The zero-order valence-corrected chi connectivity index (χ0v) is 14.4. The number of rotatable bonds is 3. The van der Waals surface area contributed by atoms with Crippen molar-refractivity contribution in [3.63, 3.8) is 0 Å². The molecule has 0 aliphatic carbocycles. The van der Waals surface area contributed by atoms with Crippen LogP contribution in [0, 0.1) is 0 Å². The van der Waals surface area contributed by atoms with Gasteiger partial charge in [0.25, 0.3) is 5.91 Å². The van der Waals surface area contributed by atoms with Crippen molar-refractivity contribution in [2.24, 2.45) is 0 Å². The average Bonchev–Trinajstić information content (AvgIpc) is 3.32. The molecular formula is C22H16N4O. The van der Waals surface area contributed by atoms with Crippen molar-refractivity contribution in [2.45, 2.75) is 0 Å². The van der Waals surface area contributed by atoms with Crippen LogP contribution >= 0.6 is 0 Å². The number of H-pyrrole nitrogens is 2. The van der Waals surface area contributed by atoms with Crippen molar-refractivity contribution in [3.05, 3.63) is 84.6 Å². The summed E-state index contributed by atoms with van der Waals surface area (Å²) >= 11 is 0. The molecule has 5 heteroatoms. The number of aromatic nitrogens is 3. The zero-order valence-electron chi connectivity index (χ0n) is 14.4. The van der Waals surface area contributed by atoms with Gasteiger partial charge in [-0.2, -0.15) is 0 Å². The Morgan fingerprint density at radius 3 is 2.41 bits per heavy atom. The van der Waals surface area contributed by atoms with E-state index in [9.17, 15) is 4.79 Å². The monoisotopic (exact) mass is 352 g/mol. The van der Waals surface area contributed by atoms with Crippen molar-refractivity contribution < 1.29 is 4.79 Å². The predicted molar refractivity (Wildman–Crippen MR) is 108 cm³/mol. The second kappa shape index (κ2) is 6.14. The first-order valence-electron chi connectivity index (χ1n) is 8.71. The molecule has 0 fully saturated rings. The highest BCUT2D eigenvalue weighted by Crippen LogP contribution is 2.28.